The zero-order valence-electron chi connectivity index (χ0n) is 102. The van der Waals surface area contributed by atoms with E-state index >= 15 is 0 Å². The average Bonchev–Trinajstić information content (AvgIpc) is 1.67. The van der Waals surface area contributed by atoms with Crippen LogP contribution in [0.1, 0.15) is 498 Å². The second-order valence-electron chi connectivity index (χ2n) is 52.4. The van der Waals surface area contributed by atoms with E-state index in [0.29, 0.717) is 0 Å². The molecule has 852 valence electrons. The maximum absolute atomic E-state index is 5.90. The minimum atomic E-state index is -1.13. The van der Waals surface area contributed by atoms with Crippen LogP contribution >= 0.6 is 68.1 Å². The molecule has 0 N–H and O–H groups in total. The molecule has 6 nitrogen and oxygen atoms in total. The molecule has 16 atom stereocenters. The van der Waals surface area contributed by atoms with Crippen LogP contribution in [0.5, 0.6) is 0 Å². The van der Waals surface area contributed by atoms with Gasteiger partial charge in [-0.25, -0.2) is 0 Å². The van der Waals surface area contributed by atoms with E-state index in [0.717, 1.165) is 131 Å². The Hall–Kier alpha value is 6.48. The summed E-state index contributed by atoms with van der Waals surface area (Å²) in [7, 11) is 35.1. The molecule has 0 aromatic carbocycles. The Kier molecular flexibility index (Phi) is 105. The van der Waals surface area contributed by atoms with Gasteiger partial charge in [0.2, 0.25) is 0 Å². The van der Waals surface area contributed by atoms with E-state index in [1.807, 2.05) is 0 Å². The summed E-state index contributed by atoms with van der Waals surface area (Å²) in [5.41, 5.74) is 9.08. The van der Waals surface area contributed by atoms with Crippen LogP contribution in [-0.2, 0) is 112 Å². The molecule has 8 fully saturated rings. The van der Waals surface area contributed by atoms with Crippen LogP contribution in [-0.4, -0.2) is 106 Å². The standard InChI is InChI=1S/C32H64O2Si.C28H56O2Si.C28H56OSi.C24H48OSi.8CH3.8ClH.4Zr/c1-31(2,3)33-23-15-11-9-13-17-27-19-21-29(25-27)35(7,8)30-22-20-28(26-30)18-14-10-12-16-24-34-32(4,5)6;1-27(2,3)29-19-11-9-13-23-15-17-25(21-23)31(7,8)26-18-16-24(22-26)14-10-12-20-30-28(4,5)6;1-7-8-9-12-15-24-17-19-26(22-24)30(5,6)27-20-18-25(23-27)16-13-10-11-14-21-29-28(2,3)4;1-7-8-11-20-13-15-22(18-20)26(5,6)23-16-14-21(19-23)12-9-10-17-25-24(2,3)4;;;;;;;;;;;;;;;;;;;;/h27-30H,9-26H2,1-8H3;23-26H,9-22H2,1-8H3;24-27H,7-23H2,1-6H3;20-23H,7-19H2,1-6H3;8*1H3;8*1H;;;;/q;;;;8*-1;;;;;;;;;4*+4/p-8. The molecule has 8 rings (SSSR count). The maximum atomic E-state index is 5.90. The van der Waals surface area contributed by atoms with Crippen LogP contribution in [0.4, 0.5) is 0 Å². The van der Waals surface area contributed by atoms with Crippen LogP contribution in [0.15, 0.2) is 0 Å². The summed E-state index contributed by atoms with van der Waals surface area (Å²) in [4.78, 5) is 0. The first kappa shape index (κ1) is 164. The second kappa shape index (κ2) is 91.0. The molecule has 16 unspecified atom stereocenters. The van der Waals surface area contributed by atoms with Crippen molar-refractivity contribution in [3.63, 3.8) is 0 Å². The summed E-state index contributed by atoms with van der Waals surface area (Å²) in [6.07, 6.45) is 82.0. The summed E-state index contributed by atoms with van der Waals surface area (Å²) in [5.74, 6) is 8.33. The molecule has 8 aliphatic carbocycles. The molecule has 0 spiro atoms. The van der Waals surface area contributed by atoms with Crippen molar-refractivity contribution in [2.45, 2.75) is 628 Å². The van der Waals surface area contributed by atoms with Crippen LogP contribution in [0, 0.1) is 107 Å². The predicted molar refractivity (Wildman–Crippen MR) is 650 cm³/mol. The van der Waals surface area contributed by atoms with Gasteiger partial charge in [0, 0.05) is 39.6 Å². The molecule has 0 heterocycles. The summed E-state index contributed by atoms with van der Waals surface area (Å²) in [5, 5.41) is 0. The molecule has 0 aromatic heterocycles. The van der Waals surface area contributed by atoms with E-state index in [1.54, 1.807) is 109 Å². The van der Waals surface area contributed by atoms with Crippen molar-refractivity contribution in [2.75, 3.05) is 39.6 Å². The van der Waals surface area contributed by atoms with Gasteiger partial charge in [-0.1, -0.05) is 336 Å². The van der Waals surface area contributed by atoms with E-state index in [-0.39, 0.29) is 93.0 Å². The fourth-order valence-corrected chi connectivity index (χ4v) is 42.8. The number of ether oxygens (including phenoxy) is 6. The number of unbranched alkanes of at least 4 members (excludes halogenated alkanes) is 16. The summed E-state index contributed by atoms with van der Waals surface area (Å²) < 4.78 is 35.3. The first-order valence-corrected chi connectivity index (χ1v) is 94.5. The second-order valence-corrected chi connectivity index (χ2v) is 88.5. The van der Waals surface area contributed by atoms with Gasteiger partial charge in [-0.3, -0.25) is 0 Å². The van der Waals surface area contributed by atoms with Crippen molar-refractivity contribution in [1.82, 2.24) is 0 Å². The first-order chi connectivity index (χ1) is 62.8. The van der Waals surface area contributed by atoms with Crippen LogP contribution in [0.3, 0.4) is 0 Å². The number of halogens is 8. The van der Waals surface area contributed by atoms with Gasteiger partial charge in [-0.2, -0.15) is 0 Å². The van der Waals surface area contributed by atoms with Gasteiger partial charge in [-0.15, -0.1) is 0 Å². The van der Waals surface area contributed by atoms with Gasteiger partial charge in [0.1, 0.15) is 0 Å². The Balaban J connectivity index is -0.000000266. The molecule has 142 heavy (non-hydrogen) atoms. The molecular formula is C120H248Cl8O6Si4Zr4. The number of rotatable bonds is 52. The van der Waals surface area contributed by atoms with Crippen molar-refractivity contribution in [3.8, 4) is 0 Å². The molecule has 0 radical (unpaired) electrons. The van der Waals surface area contributed by atoms with Gasteiger partial charge >= 0.3 is 151 Å². The van der Waals surface area contributed by atoms with Gasteiger partial charge in [-0.05, 0) is 306 Å². The monoisotopic (exact) mass is 2540 g/mol. The van der Waals surface area contributed by atoms with Gasteiger partial charge < -0.3 is 87.8 Å². The number of hydrogen-bond donors (Lipinski definition) is 0. The Morgan fingerprint density at radius 2 is 0.296 bits per heavy atom. The van der Waals surface area contributed by atoms with Crippen molar-refractivity contribution in [1.29, 1.82) is 0 Å². The quantitative estimate of drug-likeness (QED) is 0.0344. The molecule has 8 saturated carbocycles. The minimum absolute atomic E-state index is 0. The fourth-order valence-electron chi connectivity index (χ4n) is 25.3. The fraction of sp³-hybridized carbons (Fsp3) is 0.933. The van der Waals surface area contributed by atoms with Crippen molar-refractivity contribution >= 4 is 100 Å². The normalized spacial score (nSPS) is 24.2. The Labute approximate surface area is 975 Å². The molecule has 0 saturated heterocycles. The molecule has 0 amide bonds. The molecular weight excluding hydrogens is 2300 g/mol. The van der Waals surface area contributed by atoms with Crippen molar-refractivity contribution < 1.29 is 112 Å². The molecule has 0 aromatic rings. The van der Waals surface area contributed by atoms with E-state index < -0.39 is 116 Å². The summed E-state index contributed by atoms with van der Waals surface area (Å²) in [6.45, 7) is 71.3. The Morgan fingerprint density at radius 1 is 0.183 bits per heavy atom. The van der Waals surface area contributed by atoms with E-state index in [4.69, 9.17) is 96.5 Å². The van der Waals surface area contributed by atoms with Gasteiger partial charge in [0.05, 0.1) is 65.9 Å². The summed E-state index contributed by atoms with van der Waals surface area (Å²) >= 11 is -3.30. The zero-order valence-corrected chi connectivity index (χ0v) is 121. The SMILES string of the molecule is CC(C)(C)OCCCCC1CCC([Si](C)(C)C2CCC(CCCCOC(C)(C)C)C2)C1.CC(C)(C)OCCCCCCC1CCC([Si](C)(C)C2CCC(CCCCCCOC(C)(C)C)C2)C1.CCCCC1CCC([Si](C)(C)C2CCC(CCCCOC(C)(C)C)C2)C1.CCCCCCC1CCC([Si](C)(C)C2CCC(CCCCCCOC(C)(C)C)C2)C1.[CH3-].[CH3-].[CH3-].[CH3-].[CH3-].[CH3-].[CH3-].[CH3-].[Cl][Zr+2][Cl].[Cl][Zr+2][Cl].[Cl][Zr+2][Cl].[Cl][Zr+2][Cl]. The first-order valence-electron chi connectivity index (χ1n) is 56.5. The van der Waals surface area contributed by atoms with Crippen LogP contribution < -0.4 is 0 Å². The van der Waals surface area contributed by atoms with E-state index in [1.165, 1.54) is 250 Å². The van der Waals surface area contributed by atoms with Crippen LogP contribution in [0.2, 0.25) is 96.7 Å². The number of hydrogen-bond acceptors (Lipinski definition) is 6. The van der Waals surface area contributed by atoms with E-state index in [9.17, 15) is 0 Å². The average molecular weight is 2550 g/mol. The third-order valence-corrected chi connectivity index (χ3v) is 55.0. The molecule has 0 aliphatic heterocycles. The predicted octanol–water partition coefficient (Wildman–Crippen LogP) is 46.7. The van der Waals surface area contributed by atoms with Crippen LogP contribution in [0.25, 0.3) is 0 Å². The van der Waals surface area contributed by atoms with Crippen molar-refractivity contribution in [3.05, 3.63) is 59.4 Å². The third-order valence-electron chi connectivity index (χ3n) is 33.9. The Morgan fingerprint density at radius 3 is 0.430 bits per heavy atom. The molecule has 0 bridgehead atoms. The van der Waals surface area contributed by atoms with Gasteiger partial charge in [0.25, 0.3) is 0 Å². The third kappa shape index (κ3) is 80.3. The van der Waals surface area contributed by atoms with E-state index in [2.05, 4.69) is 191 Å². The molecule has 8 aliphatic rings. The zero-order chi connectivity index (χ0) is 101. The summed E-state index contributed by atoms with van der Waals surface area (Å²) in [6, 6.07) is 0. The van der Waals surface area contributed by atoms with Crippen molar-refractivity contribution in [2.24, 2.45) is 47.3 Å². The Bertz CT molecular complexity index is 2650. The molecule has 22 heteroatoms. The topological polar surface area (TPSA) is 55.4 Å². The van der Waals surface area contributed by atoms with Gasteiger partial charge in [0.15, 0.2) is 0 Å².